The van der Waals surface area contributed by atoms with Gasteiger partial charge < -0.3 is 15.4 Å². The molecule has 2 rings (SSSR count). The van der Waals surface area contributed by atoms with Crippen molar-refractivity contribution < 1.29 is 22.7 Å². The number of amides is 1. The molecule has 0 atom stereocenters. The van der Waals surface area contributed by atoms with Gasteiger partial charge in [0.1, 0.15) is 12.4 Å². The first-order valence-electron chi connectivity index (χ1n) is 7.61. The van der Waals surface area contributed by atoms with Gasteiger partial charge in [-0.3, -0.25) is 4.79 Å². The van der Waals surface area contributed by atoms with Crippen molar-refractivity contribution in [1.29, 1.82) is 0 Å². The Morgan fingerprint density at radius 1 is 1.30 bits per heavy atom. The van der Waals surface area contributed by atoms with Gasteiger partial charge in [0.05, 0.1) is 11.7 Å². The SMILES string of the molecule is O=C(COC1CCCC1)NCCNc1ncccc1C(F)(F)F. The number of alkyl halides is 3. The molecule has 0 aliphatic heterocycles. The third-order valence-electron chi connectivity index (χ3n) is 3.61. The van der Waals surface area contributed by atoms with Gasteiger partial charge in [-0.2, -0.15) is 13.2 Å². The third-order valence-corrected chi connectivity index (χ3v) is 3.61. The highest BCUT2D eigenvalue weighted by atomic mass is 19.4. The highest BCUT2D eigenvalue weighted by Gasteiger charge is 2.33. The summed E-state index contributed by atoms with van der Waals surface area (Å²) in [7, 11) is 0. The minimum Gasteiger partial charge on any atom is -0.368 e. The van der Waals surface area contributed by atoms with Crippen LogP contribution in [0.4, 0.5) is 19.0 Å². The van der Waals surface area contributed by atoms with Gasteiger partial charge in [-0.25, -0.2) is 4.98 Å². The number of hydrogen-bond acceptors (Lipinski definition) is 4. The second-order valence-electron chi connectivity index (χ2n) is 5.39. The number of carbonyl (C=O) groups excluding carboxylic acids is 1. The summed E-state index contributed by atoms with van der Waals surface area (Å²) in [6.07, 6.45) is 1.19. The van der Waals surface area contributed by atoms with E-state index in [9.17, 15) is 18.0 Å². The Kier molecular flexibility index (Phi) is 6.20. The first-order chi connectivity index (χ1) is 11.0. The number of hydrogen-bond donors (Lipinski definition) is 2. The summed E-state index contributed by atoms with van der Waals surface area (Å²) in [5.41, 5.74) is -0.823. The predicted octanol–water partition coefficient (Wildman–Crippen LogP) is 2.59. The Morgan fingerprint density at radius 2 is 2.04 bits per heavy atom. The number of rotatable bonds is 7. The monoisotopic (exact) mass is 331 g/mol. The Morgan fingerprint density at radius 3 is 2.74 bits per heavy atom. The summed E-state index contributed by atoms with van der Waals surface area (Å²) >= 11 is 0. The molecule has 1 heterocycles. The van der Waals surface area contributed by atoms with Gasteiger partial charge in [0.2, 0.25) is 5.91 Å². The maximum atomic E-state index is 12.8. The molecule has 0 radical (unpaired) electrons. The molecule has 0 aromatic carbocycles. The molecule has 0 saturated heterocycles. The van der Waals surface area contributed by atoms with Gasteiger partial charge in [0, 0.05) is 19.3 Å². The third kappa shape index (κ3) is 5.70. The van der Waals surface area contributed by atoms with Gasteiger partial charge in [0.15, 0.2) is 0 Å². The molecule has 5 nitrogen and oxygen atoms in total. The Hall–Kier alpha value is -1.83. The number of anilines is 1. The zero-order valence-corrected chi connectivity index (χ0v) is 12.7. The topological polar surface area (TPSA) is 63.2 Å². The van der Waals surface area contributed by atoms with E-state index in [1.807, 2.05) is 0 Å². The minimum absolute atomic E-state index is 0.0119. The molecule has 1 fully saturated rings. The Labute approximate surface area is 132 Å². The van der Waals surface area contributed by atoms with Crippen LogP contribution in [0.3, 0.4) is 0 Å². The first kappa shape index (κ1) is 17.5. The van der Waals surface area contributed by atoms with E-state index in [1.165, 1.54) is 12.3 Å². The lowest BCUT2D eigenvalue weighted by Gasteiger charge is -2.14. The van der Waals surface area contributed by atoms with Gasteiger partial charge in [0.25, 0.3) is 0 Å². The number of nitrogens with zero attached hydrogens (tertiary/aromatic N) is 1. The molecule has 1 saturated carbocycles. The molecule has 128 valence electrons. The molecule has 0 spiro atoms. The normalized spacial score (nSPS) is 15.6. The summed E-state index contributed by atoms with van der Waals surface area (Å²) in [5.74, 6) is -0.507. The number of carbonyl (C=O) groups is 1. The van der Waals surface area contributed by atoms with Crippen LogP contribution in [0.1, 0.15) is 31.2 Å². The summed E-state index contributed by atoms with van der Waals surface area (Å²) in [5, 5.41) is 5.19. The minimum atomic E-state index is -4.46. The molecule has 1 aromatic heterocycles. The summed E-state index contributed by atoms with van der Waals surface area (Å²) in [4.78, 5) is 15.3. The van der Waals surface area contributed by atoms with Crippen molar-refractivity contribution in [2.75, 3.05) is 25.0 Å². The number of halogens is 3. The van der Waals surface area contributed by atoms with Crippen molar-refractivity contribution >= 4 is 11.7 Å². The van der Waals surface area contributed by atoms with Crippen LogP contribution in [0, 0.1) is 0 Å². The zero-order valence-electron chi connectivity index (χ0n) is 12.7. The van der Waals surface area contributed by atoms with Gasteiger partial charge in [-0.1, -0.05) is 12.8 Å². The molecule has 2 N–H and O–H groups in total. The van der Waals surface area contributed by atoms with Crippen LogP contribution in [0.25, 0.3) is 0 Å². The fraction of sp³-hybridized carbons (Fsp3) is 0.600. The van der Waals surface area contributed by atoms with Crippen LogP contribution in [0.15, 0.2) is 18.3 Å². The van der Waals surface area contributed by atoms with E-state index >= 15 is 0 Å². The molecule has 1 aromatic rings. The van der Waals surface area contributed by atoms with Crippen LogP contribution in [-0.4, -0.2) is 36.7 Å². The molecule has 0 unspecified atom stereocenters. The Balaban J connectivity index is 1.68. The lowest BCUT2D eigenvalue weighted by atomic mass is 10.2. The van der Waals surface area contributed by atoms with E-state index in [0.29, 0.717) is 0 Å². The van der Waals surface area contributed by atoms with Crippen molar-refractivity contribution in [1.82, 2.24) is 10.3 Å². The fourth-order valence-corrected chi connectivity index (χ4v) is 2.46. The summed E-state index contributed by atoms with van der Waals surface area (Å²) in [6, 6.07) is 2.19. The number of pyridine rings is 1. The lowest BCUT2D eigenvalue weighted by Crippen LogP contribution is -2.33. The van der Waals surface area contributed by atoms with Gasteiger partial charge in [-0.05, 0) is 25.0 Å². The standard InChI is InChI=1S/C15H20F3N3O2/c16-15(17,18)12-6-3-7-20-14(12)21-9-8-19-13(22)10-23-11-4-1-2-5-11/h3,6-7,11H,1-2,4-5,8-10H2,(H,19,22)(H,20,21). The average Bonchev–Trinajstić information content (AvgIpc) is 3.02. The second kappa shape index (κ2) is 8.14. The smallest absolute Gasteiger partial charge is 0.368 e. The molecule has 8 heteroatoms. The molecular weight excluding hydrogens is 311 g/mol. The van der Waals surface area contributed by atoms with Gasteiger partial charge >= 0.3 is 6.18 Å². The number of ether oxygens (including phenoxy) is 1. The number of aromatic nitrogens is 1. The zero-order chi connectivity index (χ0) is 16.7. The molecular formula is C15H20F3N3O2. The molecule has 1 aliphatic rings. The van der Waals surface area contributed by atoms with Crippen LogP contribution in [-0.2, 0) is 15.7 Å². The van der Waals surface area contributed by atoms with E-state index in [0.717, 1.165) is 31.7 Å². The summed E-state index contributed by atoms with van der Waals surface area (Å²) in [6.45, 7) is 0.331. The fourth-order valence-electron chi connectivity index (χ4n) is 2.46. The van der Waals surface area contributed by atoms with E-state index in [2.05, 4.69) is 15.6 Å². The van der Waals surface area contributed by atoms with E-state index < -0.39 is 11.7 Å². The Bertz CT molecular complexity index is 517. The summed E-state index contributed by atoms with van der Waals surface area (Å²) < 4.78 is 43.8. The van der Waals surface area contributed by atoms with Crippen LogP contribution in [0.5, 0.6) is 0 Å². The van der Waals surface area contributed by atoms with Crippen molar-refractivity contribution in [3.05, 3.63) is 23.9 Å². The highest BCUT2D eigenvalue weighted by molar-refractivity contribution is 5.77. The van der Waals surface area contributed by atoms with Crippen molar-refractivity contribution in [3.63, 3.8) is 0 Å². The average molecular weight is 331 g/mol. The molecule has 23 heavy (non-hydrogen) atoms. The van der Waals surface area contributed by atoms with Crippen molar-refractivity contribution in [2.45, 2.75) is 38.0 Å². The van der Waals surface area contributed by atoms with E-state index in [-0.39, 0.29) is 37.5 Å². The maximum absolute atomic E-state index is 12.8. The number of nitrogens with one attached hydrogen (secondary N) is 2. The molecule has 1 amide bonds. The van der Waals surface area contributed by atoms with E-state index in [1.54, 1.807) is 0 Å². The van der Waals surface area contributed by atoms with E-state index in [4.69, 9.17) is 4.74 Å². The van der Waals surface area contributed by atoms with Crippen LogP contribution < -0.4 is 10.6 Å². The van der Waals surface area contributed by atoms with Crippen molar-refractivity contribution in [3.8, 4) is 0 Å². The quantitative estimate of drug-likeness (QED) is 0.754. The van der Waals surface area contributed by atoms with Gasteiger partial charge in [-0.15, -0.1) is 0 Å². The second-order valence-corrected chi connectivity index (χ2v) is 5.39. The first-order valence-corrected chi connectivity index (χ1v) is 7.61. The molecule has 1 aliphatic carbocycles. The maximum Gasteiger partial charge on any atom is 0.419 e. The molecule has 0 bridgehead atoms. The lowest BCUT2D eigenvalue weighted by molar-refractivity contribution is -0.137. The van der Waals surface area contributed by atoms with Crippen molar-refractivity contribution in [2.24, 2.45) is 0 Å². The largest absolute Gasteiger partial charge is 0.419 e. The predicted molar refractivity (Wildman–Crippen MR) is 78.9 cm³/mol. The highest BCUT2D eigenvalue weighted by Crippen LogP contribution is 2.33. The van der Waals surface area contributed by atoms with Crippen LogP contribution >= 0.6 is 0 Å². The van der Waals surface area contributed by atoms with Crippen LogP contribution in [0.2, 0.25) is 0 Å².